The van der Waals surface area contributed by atoms with Gasteiger partial charge < -0.3 is 15.8 Å². The molecule has 0 heterocycles. The van der Waals surface area contributed by atoms with Gasteiger partial charge in [0, 0.05) is 23.2 Å². The molecule has 0 spiro atoms. The predicted octanol–water partition coefficient (Wildman–Crippen LogP) is 2.90. The minimum atomic E-state index is -0.576. The van der Waals surface area contributed by atoms with Crippen molar-refractivity contribution in [2.24, 2.45) is 11.7 Å². The van der Waals surface area contributed by atoms with Crippen molar-refractivity contribution in [3.05, 3.63) is 28.8 Å². The fourth-order valence-electron chi connectivity index (χ4n) is 1.67. The summed E-state index contributed by atoms with van der Waals surface area (Å²) in [6, 6.07) is 5.02. The summed E-state index contributed by atoms with van der Waals surface area (Å²) in [5.41, 5.74) is 6.69. The number of hydrogen-bond acceptors (Lipinski definition) is 3. The van der Waals surface area contributed by atoms with Crippen molar-refractivity contribution < 1.29 is 9.53 Å². The van der Waals surface area contributed by atoms with E-state index in [0.717, 1.165) is 5.56 Å². The molecule has 2 atom stereocenters. The fraction of sp³-hybridized carbons (Fsp3) is 0.533. The monoisotopic (exact) mass is 298 g/mol. The SMILES string of the molecule is CC(C)CNC(=O)C(C)Oc1ccc(Cl)cc1[C@@H](C)N. The quantitative estimate of drug-likeness (QED) is 0.849. The van der Waals surface area contributed by atoms with E-state index in [9.17, 15) is 4.79 Å². The van der Waals surface area contributed by atoms with Gasteiger partial charge in [-0.2, -0.15) is 0 Å². The molecule has 0 saturated carbocycles. The van der Waals surface area contributed by atoms with Crippen LogP contribution in [0.2, 0.25) is 5.02 Å². The third-order valence-electron chi connectivity index (χ3n) is 2.82. The molecule has 0 saturated heterocycles. The van der Waals surface area contributed by atoms with Crippen LogP contribution in [0.25, 0.3) is 0 Å². The highest BCUT2D eigenvalue weighted by Crippen LogP contribution is 2.28. The summed E-state index contributed by atoms with van der Waals surface area (Å²) in [6.45, 7) is 8.28. The Kier molecular flexibility index (Phi) is 6.30. The number of carbonyl (C=O) groups is 1. The smallest absolute Gasteiger partial charge is 0.260 e. The molecule has 1 unspecified atom stereocenters. The number of carbonyl (C=O) groups excluding carboxylic acids is 1. The third-order valence-corrected chi connectivity index (χ3v) is 3.06. The normalized spacial score (nSPS) is 13.9. The van der Waals surface area contributed by atoms with Crippen molar-refractivity contribution in [1.82, 2.24) is 5.32 Å². The minimum Gasteiger partial charge on any atom is -0.481 e. The van der Waals surface area contributed by atoms with E-state index in [1.165, 1.54) is 0 Å². The summed E-state index contributed by atoms with van der Waals surface area (Å²) in [5.74, 6) is 0.863. The first-order valence-corrected chi connectivity index (χ1v) is 7.18. The topological polar surface area (TPSA) is 64.3 Å². The van der Waals surface area contributed by atoms with E-state index in [1.807, 2.05) is 20.8 Å². The standard InChI is InChI=1S/C15H23ClN2O2/c1-9(2)8-18-15(19)11(4)20-14-6-5-12(16)7-13(14)10(3)17/h5-7,9-11H,8,17H2,1-4H3,(H,18,19)/t10-,11?/m1/s1. The molecule has 3 N–H and O–H groups in total. The first-order valence-electron chi connectivity index (χ1n) is 6.80. The zero-order valence-electron chi connectivity index (χ0n) is 12.4. The predicted molar refractivity (Wildman–Crippen MR) is 82.0 cm³/mol. The van der Waals surface area contributed by atoms with Crippen LogP contribution >= 0.6 is 11.6 Å². The van der Waals surface area contributed by atoms with Crippen molar-refractivity contribution >= 4 is 17.5 Å². The number of nitrogens with two attached hydrogens (primary N) is 1. The van der Waals surface area contributed by atoms with E-state index in [-0.39, 0.29) is 11.9 Å². The Morgan fingerprint density at radius 1 is 1.35 bits per heavy atom. The molecule has 112 valence electrons. The molecule has 1 aromatic rings. The van der Waals surface area contributed by atoms with Crippen molar-refractivity contribution in [2.45, 2.75) is 39.8 Å². The third kappa shape index (κ3) is 5.02. The molecular weight excluding hydrogens is 276 g/mol. The number of hydrogen-bond donors (Lipinski definition) is 2. The number of amides is 1. The van der Waals surface area contributed by atoms with E-state index in [0.29, 0.717) is 23.2 Å². The van der Waals surface area contributed by atoms with Crippen LogP contribution in [0.3, 0.4) is 0 Å². The summed E-state index contributed by atoms with van der Waals surface area (Å²) >= 11 is 5.95. The largest absolute Gasteiger partial charge is 0.481 e. The lowest BCUT2D eigenvalue weighted by Crippen LogP contribution is -2.38. The Balaban J connectivity index is 2.75. The average molecular weight is 299 g/mol. The second-order valence-corrected chi connectivity index (χ2v) is 5.81. The second-order valence-electron chi connectivity index (χ2n) is 5.37. The summed E-state index contributed by atoms with van der Waals surface area (Å²) < 4.78 is 5.71. The van der Waals surface area contributed by atoms with Gasteiger partial charge in [0.05, 0.1) is 0 Å². The Morgan fingerprint density at radius 2 is 2.00 bits per heavy atom. The molecule has 1 amide bonds. The molecule has 4 nitrogen and oxygen atoms in total. The first-order chi connectivity index (χ1) is 9.31. The molecule has 0 aliphatic rings. The maximum absolute atomic E-state index is 11.9. The van der Waals surface area contributed by atoms with E-state index in [2.05, 4.69) is 5.32 Å². The number of rotatable bonds is 6. The Labute approximate surface area is 125 Å². The van der Waals surface area contributed by atoms with Crippen LogP contribution in [-0.2, 0) is 4.79 Å². The first kappa shape index (κ1) is 16.8. The van der Waals surface area contributed by atoms with Crippen LogP contribution < -0.4 is 15.8 Å². The Bertz CT molecular complexity index is 461. The highest BCUT2D eigenvalue weighted by Gasteiger charge is 2.17. The minimum absolute atomic E-state index is 0.135. The van der Waals surface area contributed by atoms with Gasteiger partial charge in [0.1, 0.15) is 5.75 Å². The second kappa shape index (κ2) is 7.50. The van der Waals surface area contributed by atoms with Crippen LogP contribution in [0, 0.1) is 5.92 Å². The zero-order valence-corrected chi connectivity index (χ0v) is 13.2. The van der Waals surface area contributed by atoms with Crippen LogP contribution in [0.4, 0.5) is 0 Å². The molecule has 5 heteroatoms. The van der Waals surface area contributed by atoms with E-state index in [4.69, 9.17) is 22.1 Å². The van der Waals surface area contributed by atoms with Crippen LogP contribution in [0.5, 0.6) is 5.75 Å². The van der Waals surface area contributed by atoms with Crippen molar-refractivity contribution in [2.75, 3.05) is 6.54 Å². The summed E-state index contributed by atoms with van der Waals surface area (Å²) in [4.78, 5) is 11.9. The molecule has 0 aromatic heterocycles. The van der Waals surface area contributed by atoms with Crippen molar-refractivity contribution in [1.29, 1.82) is 0 Å². The van der Waals surface area contributed by atoms with Gasteiger partial charge in [0.15, 0.2) is 6.10 Å². The summed E-state index contributed by atoms with van der Waals surface area (Å²) in [5, 5.41) is 3.44. The molecule has 0 radical (unpaired) electrons. The molecule has 0 fully saturated rings. The van der Waals surface area contributed by atoms with Crippen LogP contribution in [0.15, 0.2) is 18.2 Å². The lowest BCUT2D eigenvalue weighted by molar-refractivity contribution is -0.127. The fourth-order valence-corrected chi connectivity index (χ4v) is 1.86. The Hall–Kier alpha value is -1.26. The number of ether oxygens (including phenoxy) is 1. The maximum Gasteiger partial charge on any atom is 0.260 e. The number of benzene rings is 1. The van der Waals surface area contributed by atoms with Crippen molar-refractivity contribution in [3.63, 3.8) is 0 Å². The van der Waals surface area contributed by atoms with Gasteiger partial charge in [0.2, 0.25) is 0 Å². The lowest BCUT2D eigenvalue weighted by atomic mass is 10.1. The van der Waals surface area contributed by atoms with Gasteiger partial charge in [-0.15, -0.1) is 0 Å². The van der Waals surface area contributed by atoms with Crippen LogP contribution in [0.1, 0.15) is 39.3 Å². The van der Waals surface area contributed by atoms with Gasteiger partial charge in [0.25, 0.3) is 5.91 Å². The molecule has 0 aliphatic carbocycles. The highest BCUT2D eigenvalue weighted by molar-refractivity contribution is 6.30. The molecule has 1 aromatic carbocycles. The highest BCUT2D eigenvalue weighted by atomic mass is 35.5. The van der Waals surface area contributed by atoms with Gasteiger partial charge in [-0.3, -0.25) is 4.79 Å². The van der Waals surface area contributed by atoms with Gasteiger partial charge >= 0.3 is 0 Å². The molecule has 0 aliphatic heterocycles. The Morgan fingerprint density at radius 3 is 2.55 bits per heavy atom. The van der Waals surface area contributed by atoms with E-state index >= 15 is 0 Å². The van der Waals surface area contributed by atoms with Gasteiger partial charge in [-0.25, -0.2) is 0 Å². The van der Waals surface area contributed by atoms with E-state index in [1.54, 1.807) is 25.1 Å². The van der Waals surface area contributed by atoms with Crippen LogP contribution in [-0.4, -0.2) is 18.6 Å². The average Bonchev–Trinajstić information content (AvgIpc) is 2.37. The summed E-state index contributed by atoms with van der Waals surface area (Å²) in [7, 11) is 0. The molecule has 20 heavy (non-hydrogen) atoms. The molecule has 0 bridgehead atoms. The zero-order chi connectivity index (χ0) is 15.3. The molecular formula is C15H23ClN2O2. The number of halogens is 1. The number of nitrogens with one attached hydrogen (secondary N) is 1. The molecule has 1 rings (SSSR count). The van der Waals surface area contributed by atoms with Crippen molar-refractivity contribution in [3.8, 4) is 5.75 Å². The van der Waals surface area contributed by atoms with E-state index < -0.39 is 6.10 Å². The summed E-state index contributed by atoms with van der Waals surface area (Å²) in [6.07, 6.45) is -0.576. The lowest BCUT2D eigenvalue weighted by Gasteiger charge is -2.19. The maximum atomic E-state index is 11.9. The van der Waals surface area contributed by atoms with Gasteiger partial charge in [-0.05, 0) is 38.0 Å². The van der Waals surface area contributed by atoms with Gasteiger partial charge in [-0.1, -0.05) is 25.4 Å².